The van der Waals surface area contributed by atoms with E-state index in [2.05, 4.69) is 17.4 Å². The number of ether oxygens (including phenoxy) is 1. The third kappa shape index (κ3) is 3.85. The van der Waals surface area contributed by atoms with Gasteiger partial charge >= 0.3 is 0 Å². The van der Waals surface area contributed by atoms with E-state index in [1.165, 1.54) is 38.5 Å². The molecule has 1 unspecified atom stereocenters. The van der Waals surface area contributed by atoms with Gasteiger partial charge in [-0.2, -0.15) is 0 Å². The molecule has 0 bridgehead atoms. The Balaban J connectivity index is 1.65. The lowest BCUT2D eigenvalue weighted by Crippen LogP contribution is -2.50. The van der Waals surface area contributed by atoms with Gasteiger partial charge in [-0.05, 0) is 37.2 Å². The van der Waals surface area contributed by atoms with E-state index in [9.17, 15) is 5.11 Å². The molecule has 21 heavy (non-hydrogen) atoms. The predicted molar refractivity (Wildman–Crippen MR) is 84.1 cm³/mol. The van der Waals surface area contributed by atoms with E-state index in [0.29, 0.717) is 12.6 Å². The summed E-state index contributed by atoms with van der Waals surface area (Å²) in [6.45, 7) is 1.47. The second-order valence-corrected chi connectivity index (χ2v) is 6.69. The number of aliphatic hydroxyl groups is 1. The number of nitrogens with one attached hydrogen (secondary N) is 1. The van der Waals surface area contributed by atoms with Crippen LogP contribution in [-0.2, 0) is 10.3 Å². The van der Waals surface area contributed by atoms with Crippen LogP contribution in [0.3, 0.4) is 0 Å². The summed E-state index contributed by atoms with van der Waals surface area (Å²) >= 11 is 0. The van der Waals surface area contributed by atoms with Gasteiger partial charge in [0.25, 0.3) is 0 Å². The van der Waals surface area contributed by atoms with Gasteiger partial charge in [0.2, 0.25) is 0 Å². The van der Waals surface area contributed by atoms with Crippen LogP contribution >= 0.6 is 0 Å². The zero-order chi connectivity index (χ0) is 14.5. The molecular weight excluding hydrogens is 262 g/mol. The molecule has 1 aromatic rings. The van der Waals surface area contributed by atoms with Gasteiger partial charge in [-0.1, -0.05) is 43.2 Å². The summed E-state index contributed by atoms with van der Waals surface area (Å²) in [7, 11) is 0. The highest BCUT2D eigenvalue weighted by Gasteiger charge is 2.37. The third-order valence-corrected chi connectivity index (χ3v) is 4.83. The van der Waals surface area contributed by atoms with E-state index >= 15 is 0 Å². The fourth-order valence-electron chi connectivity index (χ4n) is 3.34. The molecule has 1 atom stereocenters. The highest BCUT2D eigenvalue weighted by atomic mass is 16.5. The van der Waals surface area contributed by atoms with Crippen LogP contribution in [0.5, 0.6) is 0 Å². The van der Waals surface area contributed by atoms with Gasteiger partial charge in [0.05, 0.1) is 18.8 Å². The second kappa shape index (κ2) is 6.91. The maximum atomic E-state index is 10.1. The molecule has 0 spiro atoms. The largest absolute Gasteiger partial charge is 0.394 e. The molecule has 0 aliphatic heterocycles. The van der Waals surface area contributed by atoms with Crippen LogP contribution in [0.1, 0.15) is 44.1 Å². The van der Waals surface area contributed by atoms with Crippen LogP contribution in [0.4, 0.5) is 0 Å². The van der Waals surface area contributed by atoms with Gasteiger partial charge in [-0.3, -0.25) is 0 Å². The van der Waals surface area contributed by atoms with E-state index in [-0.39, 0.29) is 6.61 Å². The Morgan fingerprint density at radius 1 is 1.10 bits per heavy atom. The van der Waals surface area contributed by atoms with E-state index in [0.717, 1.165) is 18.1 Å². The fraction of sp³-hybridized carbons (Fsp3) is 0.667. The highest BCUT2D eigenvalue weighted by Crippen LogP contribution is 2.30. The third-order valence-electron chi connectivity index (χ3n) is 4.83. The summed E-state index contributed by atoms with van der Waals surface area (Å²) in [6.07, 6.45) is 7.70. The number of benzene rings is 1. The van der Waals surface area contributed by atoms with Crippen LogP contribution in [0.15, 0.2) is 30.3 Å². The summed E-state index contributed by atoms with van der Waals surface area (Å²) in [4.78, 5) is 0. The van der Waals surface area contributed by atoms with Crippen LogP contribution in [0.2, 0.25) is 0 Å². The summed E-state index contributed by atoms with van der Waals surface area (Å²) in [5, 5.41) is 13.7. The quantitative estimate of drug-likeness (QED) is 0.773. The molecule has 1 aromatic carbocycles. The van der Waals surface area contributed by atoms with Crippen molar-refractivity contribution >= 4 is 0 Å². The van der Waals surface area contributed by atoms with Crippen molar-refractivity contribution in [1.29, 1.82) is 0 Å². The molecular formula is C18H27NO2. The zero-order valence-electron chi connectivity index (χ0n) is 12.8. The smallest absolute Gasteiger partial charge is 0.0908 e. The molecule has 2 aliphatic carbocycles. The minimum atomic E-state index is -0.443. The molecule has 2 aliphatic rings. The Labute approximate surface area is 127 Å². The summed E-state index contributed by atoms with van der Waals surface area (Å²) in [5.74, 6) is 0.720. The molecule has 116 valence electrons. The van der Waals surface area contributed by atoms with Crippen molar-refractivity contribution in [3.8, 4) is 0 Å². The standard InChI is InChI=1S/C18H27NO2/c20-13-18(19-17-10-11-17,16-8-2-1-3-9-16)14-21-12-15-6-4-5-7-15/h1-3,8-9,15,17,19-20H,4-7,10-14H2. The highest BCUT2D eigenvalue weighted by molar-refractivity contribution is 5.25. The van der Waals surface area contributed by atoms with Crippen LogP contribution < -0.4 is 5.32 Å². The topological polar surface area (TPSA) is 41.5 Å². The van der Waals surface area contributed by atoms with Gasteiger partial charge in [-0.15, -0.1) is 0 Å². The Morgan fingerprint density at radius 3 is 2.43 bits per heavy atom. The van der Waals surface area contributed by atoms with E-state index in [1.807, 2.05) is 18.2 Å². The lowest BCUT2D eigenvalue weighted by Gasteiger charge is -2.34. The maximum Gasteiger partial charge on any atom is 0.0908 e. The maximum absolute atomic E-state index is 10.1. The van der Waals surface area contributed by atoms with Gasteiger partial charge in [-0.25, -0.2) is 0 Å². The molecule has 3 heteroatoms. The van der Waals surface area contributed by atoms with E-state index in [4.69, 9.17) is 4.74 Å². The first-order chi connectivity index (χ1) is 10.3. The summed E-state index contributed by atoms with van der Waals surface area (Å²) in [6, 6.07) is 10.8. The van der Waals surface area contributed by atoms with Crippen molar-refractivity contribution in [3.63, 3.8) is 0 Å². The molecule has 0 radical (unpaired) electrons. The van der Waals surface area contributed by atoms with Gasteiger partial charge in [0, 0.05) is 12.6 Å². The minimum absolute atomic E-state index is 0.0815. The van der Waals surface area contributed by atoms with Crippen molar-refractivity contribution in [2.24, 2.45) is 5.92 Å². The first kappa shape index (κ1) is 15.0. The van der Waals surface area contributed by atoms with Gasteiger partial charge in [0.15, 0.2) is 0 Å². The van der Waals surface area contributed by atoms with Crippen molar-refractivity contribution < 1.29 is 9.84 Å². The molecule has 0 aromatic heterocycles. The molecule has 0 amide bonds. The molecule has 2 fully saturated rings. The number of hydrogen-bond acceptors (Lipinski definition) is 3. The molecule has 2 N–H and O–H groups in total. The number of rotatable bonds is 8. The molecule has 0 saturated heterocycles. The first-order valence-electron chi connectivity index (χ1n) is 8.34. The Morgan fingerprint density at radius 2 is 1.81 bits per heavy atom. The lowest BCUT2D eigenvalue weighted by molar-refractivity contribution is 0.0178. The van der Waals surface area contributed by atoms with Gasteiger partial charge < -0.3 is 15.2 Å². The zero-order valence-corrected chi connectivity index (χ0v) is 12.8. The molecule has 2 saturated carbocycles. The van der Waals surface area contributed by atoms with Gasteiger partial charge in [0.1, 0.15) is 0 Å². The van der Waals surface area contributed by atoms with Crippen molar-refractivity contribution in [1.82, 2.24) is 5.32 Å². The molecule has 0 heterocycles. The Kier molecular flexibility index (Phi) is 4.94. The van der Waals surface area contributed by atoms with E-state index in [1.54, 1.807) is 0 Å². The summed E-state index contributed by atoms with van der Waals surface area (Å²) < 4.78 is 6.03. The number of hydrogen-bond donors (Lipinski definition) is 2. The van der Waals surface area contributed by atoms with Crippen molar-refractivity contribution in [3.05, 3.63) is 35.9 Å². The average Bonchev–Trinajstić information content (AvgIpc) is 3.19. The van der Waals surface area contributed by atoms with Crippen LogP contribution in [-0.4, -0.2) is 31.0 Å². The van der Waals surface area contributed by atoms with Crippen LogP contribution in [0, 0.1) is 5.92 Å². The minimum Gasteiger partial charge on any atom is -0.394 e. The normalized spacial score (nSPS) is 22.3. The van der Waals surface area contributed by atoms with Crippen molar-refractivity contribution in [2.45, 2.75) is 50.1 Å². The number of aliphatic hydroxyl groups excluding tert-OH is 1. The molecule has 3 nitrogen and oxygen atoms in total. The molecule has 3 rings (SSSR count). The van der Waals surface area contributed by atoms with Crippen LogP contribution in [0.25, 0.3) is 0 Å². The predicted octanol–water partition coefficient (Wildman–Crippen LogP) is 2.83. The monoisotopic (exact) mass is 289 g/mol. The van der Waals surface area contributed by atoms with Crippen molar-refractivity contribution in [2.75, 3.05) is 19.8 Å². The van der Waals surface area contributed by atoms with E-state index < -0.39 is 5.54 Å². The Hall–Kier alpha value is -0.900. The first-order valence-corrected chi connectivity index (χ1v) is 8.34. The SMILES string of the molecule is OCC(COCC1CCCC1)(NC1CC1)c1ccccc1. The second-order valence-electron chi connectivity index (χ2n) is 6.69. The summed E-state index contributed by atoms with van der Waals surface area (Å²) in [5.41, 5.74) is 0.687. The lowest BCUT2D eigenvalue weighted by atomic mass is 9.91. The Bertz CT molecular complexity index is 426. The average molecular weight is 289 g/mol. The fourth-order valence-corrected chi connectivity index (χ4v) is 3.34.